The van der Waals surface area contributed by atoms with Crippen molar-refractivity contribution >= 4 is 17.0 Å². The van der Waals surface area contributed by atoms with Crippen LogP contribution in [0.25, 0.3) is 11.1 Å². The van der Waals surface area contributed by atoms with Gasteiger partial charge >= 0.3 is 5.76 Å². The van der Waals surface area contributed by atoms with E-state index in [-0.39, 0.29) is 6.54 Å². The normalized spacial score (nSPS) is 11.8. The van der Waals surface area contributed by atoms with Crippen molar-refractivity contribution in [2.75, 3.05) is 13.2 Å². The molecule has 1 aromatic heterocycles. The molecule has 3 N–H and O–H groups in total. The molecule has 0 saturated heterocycles. The summed E-state index contributed by atoms with van der Waals surface area (Å²) in [4.78, 5) is 23.6. The molecule has 108 valence electrons. The number of aliphatic hydroxyl groups is 2. The number of fused-ring (bicyclic) bond motifs is 1. The van der Waals surface area contributed by atoms with Gasteiger partial charge in [0.15, 0.2) is 5.58 Å². The molecular formula is C13H16N2O5. The van der Waals surface area contributed by atoms with Crippen LogP contribution in [0.5, 0.6) is 0 Å². The van der Waals surface area contributed by atoms with E-state index in [1.807, 2.05) is 0 Å². The monoisotopic (exact) mass is 280 g/mol. The molecule has 0 atom stereocenters. The van der Waals surface area contributed by atoms with Crippen LogP contribution < -0.4 is 11.1 Å². The van der Waals surface area contributed by atoms with Crippen LogP contribution >= 0.6 is 0 Å². The third-order valence-electron chi connectivity index (χ3n) is 3.01. The van der Waals surface area contributed by atoms with Crippen molar-refractivity contribution in [1.29, 1.82) is 0 Å². The zero-order valence-corrected chi connectivity index (χ0v) is 11.0. The van der Waals surface area contributed by atoms with Crippen molar-refractivity contribution < 1.29 is 19.4 Å². The van der Waals surface area contributed by atoms with Gasteiger partial charge in [-0.05, 0) is 19.1 Å². The van der Waals surface area contributed by atoms with E-state index < -0.39 is 30.4 Å². The third-order valence-corrected chi connectivity index (χ3v) is 3.01. The smallest absolute Gasteiger partial charge is 0.408 e. The number of carbonyl (C=O) groups excluding carboxylic acids is 1. The number of amides is 1. The highest BCUT2D eigenvalue weighted by Gasteiger charge is 2.25. The maximum absolute atomic E-state index is 11.9. The number of aliphatic hydroxyl groups excluding tert-OH is 2. The summed E-state index contributed by atoms with van der Waals surface area (Å²) in [6.45, 7) is 0.444. The summed E-state index contributed by atoms with van der Waals surface area (Å²) >= 11 is 0. The van der Waals surface area contributed by atoms with E-state index in [2.05, 4.69) is 5.32 Å². The Balaban J connectivity index is 2.22. The van der Waals surface area contributed by atoms with Crippen molar-refractivity contribution in [2.24, 2.45) is 0 Å². The molecule has 0 bridgehead atoms. The molecule has 0 aliphatic rings. The van der Waals surface area contributed by atoms with Gasteiger partial charge in [0.2, 0.25) is 5.91 Å². The van der Waals surface area contributed by atoms with E-state index in [0.717, 1.165) is 0 Å². The fourth-order valence-electron chi connectivity index (χ4n) is 1.81. The van der Waals surface area contributed by atoms with Crippen molar-refractivity contribution in [3.05, 3.63) is 34.8 Å². The van der Waals surface area contributed by atoms with Crippen LogP contribution in [-0.4, -0.2) is 39.4 Å². The lowest BCUT2D eigenvalue weighted by atomic mass is 10.1. The summed E-state index contributed by atoms with van der Waals surface area (Å²) < 4.78 is 6.21. The van der Waals surface area contributed by atoms with Gasteiger partial charge in [-0.1, -0.05) is 12.1 Å². The lowest BCUT2D eigenvalue weighted by Gasteiger charge is -2.26. The van der Waals surface area contributed by atoms with Crippen LogP contribution in [0.2, 0.25) is 0 Å². The first-order valence-corrected chi connectivity index (χ1v) is 6.10. The van der Waals surface area contributed by atoms with Crippen molar-refractivity contribution in [3.8, 4) is 0 Å². The van der Waals surface area contributed by atoms with Gasteiger partial charge in [-0.15, -0.1) is 0 Å². The first kappa shape index (κ1) is 14.3. The average Bonchev–Trinajstić information content (AvgIpc) is 2.75. The number of benzene rings is 1. The Morgan fingerprint density at radius 2 is 2.00 bits per heavy atom. The van der Waals surface area contributed by atoms with Crippen LogP contribution in [0.15, 0.2) is 33.5 Å². The van der Waals surface area contributed by atoms with Crippen LogP contribution in [-0.2, 0) is 11.3 Å². The molecule has 0 aliphatic heterocycles. The Hall–Kier alpha value is -2.12. The molecule has 20 heavy (non-hydrogen) atoms. The van der Waals surface area contributed by atoms with Crippen LogP contribution in [0.3, 0.4) is 0 Å². The quantitative estimate of drug-likeness (QED) is 0.682. The molecule has 0 saturated carbocycles. The number of carbonyl (C=O) groups is 1. The second-order valence-electron chi connectivity index (χ2n) is 4.85. The summed E-state index contributed by atoms with van der Waals surface area (Å²) in [6, 6.07) is 6.77. The largest absolute Gasteiger partial charge is 0.420 e. The molecule has 7 nitrogen and oxygen atoms in total. The minimum Gasteiger partial charge on any atom is -0.408 e. The predicted molar refractivity (Wildman–Crippen MR) is 71.2 cm³/mol. The van der Waals surface area contributed by atoms with E-state index >= 15 is 0 Å². The molecular weight excluding hydrogens is 264 g/mol. The number of nitrogens with zero attached hydrogens (tertiary/aromatic N) is 1. The minimum absolute atomic E-state index is 0.245. The minimum atomic E-state index is -1.12. The highest BCUT2D eigenvalue weighted by molar-refractivity contribution is 5.80. The number of hydrogen-bond acceptors (Lipinski definition) is 5. The van der Waals surface area contributed by atoms with Gasteiger partial charge in [-0.25, -0.2) is 4.79 Å². The summed E-state index contributed by atoms with van der Waals surface area (Å²) in [6.07, 6.45) is 0. The summed E-state index contributed by atoms with van der Waals surface area (Å²) in [5, 5.41) is 20.7. The van der Waals surface area contributed by atoms with E-state index in [1.165, 1.54) is 11.5 Å². The average molecular weight is 280 g/mol. The maximum Gasteiger partial charge on any atom is 0.420 e. The number of nitrogens with one attached hydrogen (secondary N) is 1. The molecule has 1 amide bonds. The maximum atomic E-state index is 11.9. The van der Waals surface area contributed by atoms with E-state index in [0.29, 0.717) is 11.1 Å². The van der Waals surface area contributed by atoms with Crippen LogP contribution in [0, 0.1) is 0 Å². The molecule has 2 rings (SSSR count). The Morgan fingerprint density at radius 1 is 1.35 bits per heavy atom. The third kappa shape index (κ3) is 2.73. The molecule has 0 unspecified atom stereocenters. The van der Waals surface area contributed by atoms with Crippen LogP contribution in [0.4, 0.5) is 0 Å². The lowest BCUT2D eigenvalue weighted by molar-refractivity contribution is -0.124. The van der Waals surface area contributed by atoms with Crippen molar-refractivity contribution in [1.82, 2.24) is 9.88 Å². The highest BCUT2D eigenvalue weighted by Crippen LogP contribution is 2.11. The Kier molecular flexibility index (Phi) is 3.91. The summed E-state index contributed by atoms with van der Waals surface area (Å²) in [5.74, 6) is -1.12. The fourth-order valence-corrected chi connectivity index (χ4v) is 1.81. The van der Waals surface area contributed by atoms with Gasteiger partial charge < -0.3 is 19.9 Å². The van der Waals surface area contributed by atoms with E-state index in [9.17, 15) is 9.59 Å². The Bertz CT molecular complexity index is 669. The zero-order valence-electron chi connectivity index (χ0n) is 11.0. The zero-order chi connectivity index (χ0) is 14.8. The molecule has 1 aromatic carbocycles. The van der Waals surface area contributed by atoms with E-state index in [4.69, 9.17) is 14.6 Å². The van der Waals surface area contributed by atoms with Crippen LogP contribution in [0.1, 0.15) is 6.92 Å². The standard InChI is InChI=1S/C13H16N2O5/c1-13(7-16,8-17)14-11(18)6-15-9-4-2-3-5-10(9)20-12(15)19/h2-5,16-17H,6-8H2,1H3,(H,14,18). The molecule has 2 aromatic rings. The number of hydrogen-bond donors (Lipinski definition) is 3. The van der Waals surface area contributed by atoms with Gasteiger partial charge in [0.25, 0.3) is 0 Å². The molecule has 0 radical (unpaired) electrons. The second-order valence-corrected chi connectivity index (χ2v) is 4.85. The van der Waals surface area contributed by atoms with Gasteiger partial charge in [0, 0.05) is 0 Å². The Morgan fingerprint density at radius 3 is 2.65 bits per heavy atom. The van der Waals surface area contributed by atoms with Gasteiger partial charge in [0.1, 0.15) is 6.54 Å². The number of oxazole rings is 1. The number of para-hydroxylation sites is 2. The SMILES string of the molecule is CC(CO)(CO)NC(=O)Cn1c(=O)oc2ccccc21. The molecule has 0 fully saturated rings. The molecule has 0 aliphatic carbocycles. The second kappa shape index (κ2) is 5.48. The molecule has 1 heterocycles. The first-order valence-electron chi connectivity index (χ1n) is 6.10. The first-order chi connectivity index (χ1) is 9.49. The number of aromatic nitrogens is 1. The lowest BCUT2D eigenvalue weighted by Crippen LogP contribution is -2.52. The fraction of sp³-hybridized carbons (Fsp3) is 0.385. The van der Waals surface area contributed by atoms with Gasteiger partial charge in [0.05, 0.1) is 24.3 Å². The predicted octanol–water partition coefficient (Wildman–Crippen LogP) is -0.546. The highest BCUT2D eigenvalue weighted by atomic mass is 16.4. The summed E-state index contributed by atoms with van der Waals surface area (Å²) in [7, 11) is 0. The molecule has 7 heteroatoms. The van der Waals surface area contributed by atoms with Gasteiger partial charge in [-0.3, -0.25) is 9.36 Å². The Labute approximate surface area is 114 Å². The molecule has 0 spiro atoms. The van der Waals surface area contributed by atoms with Crippen molar-refractivity contribution in [3.63, 3.8) is 0 Å². The van der Waals surface area contributed by atoms with E-state index in [1.54, 1.807) is 24.3 Å². The van der Waals surface area contributed by atoms with Gasteiger partial charge in [-0.2, -0.15) is 0 Å². The van der Waals surface area contributed by atoms with Crippen molar-refractivity contribution in [2.45, 2.75) is 19.0 Å². The summed E-state index contributed by atoms with van der Waals surface area (Å²) in [5.41, 5.74) is -0.208. The topological polar surface area (TPSA) is 105 Å². The number of rotatable bonds is 5.